The van der Waals surface area contributed by atoms with Crippen molar-refractivity contribution in [3.8, 4) is 11.1 Å². The predicted molar refractivity (Wildman–Crippen MR) is 105 cm³/mol. The molecule has 0 bridgehead atoms. The van der Waals surface area contributed by atoms with Gasteiger partial charge in [0.05, 0.1) is 17.2 Å². The van der Waals surface area contributed by atoms with E-state index in [0.29, 0.717) is 23.3 Å². The minimum Gasteiger partial charge on any atom is -0.340 e. The van der Waals surface area contributed by atoms with E-state index in [1.54, 1.807) is 11.6 Å². The summed E-state index contributed by atoms with van der Waals surface area (Å²) in [5, 5.41) is 11.2. The van der Waals surface area contributed by atoms with Crippen molar-refractivity contribution in [2.45, 2.75) is 19.6 Å². The lowest BCUT2D eigenvalue weighted by Crippen LogP contribution is -2.17. The Hall–Kier alpha value is -2.13. The Kier molecular flexibility index (Phi) is 5.77. The van der Waals surface area contributed by atoms with E-state index >= 15 is 0 Å². The molecule has 0 radical (unpaired) electrons. The number of aryl methyl sites for hydroxylation is 3. The number of halogens is 1. The highest BCUT2D eigenvalue weighted by Gasteiger charge is 2.17. The summed E-state index contributed by atoms with van der Waals surface area (Å²) in [6.07, 6.45) is 0. The van der Waals surface area contributed by atoms with Crippen LogP contribution in [0.5, 0.6) is 0 Å². The van der Waals surface area contributed by atoms with Gasteiger partial charge >= 0.3 is 0 Å². The Morgan fingerprint density at radius 2 is 2.04 bits per heavy atom. The fourth-order valence-corrected chi connectivity index (χ4v) is 3.49. The zero-order valence-corrected chi connectivity index (χ0v) is 17.0. The number of thioether (sulfide) groups is 1. The summed E-state index contributed by atoms with van der Waals surface area (Å²) < 4.78 is 7.61. The molecular weight excluding hydrogens is 418 g/mol. The maximum atomic E-state index is 12.4. The first-order valence-electron chi connectivity index (χ1n) is 7.90. The molecule has 3 aromatic rings. The number of nitrogens with zero attached hydrogens (tertiary/aromatic N) is 4. The Bertz CT molecular complexity index is 920. The minimum atomic E-state index is -0.100. The van der Waals surface area contributed by atoms with Crippen LogP contribution in [0.2, 0.25) is 0 Å². The fraction of sp³-hybridized carbons (Fsp3) is 0.294. The summed E-state index contributed by atoms with van der Waals surface area (Å²) in [5.74, 6) is 2.51. The van der Waals surface area contributed by atoms with Crippen LogP contribution in [0.15, 0.2) is 33.3 Å². The molecule has 1 amide bonds. The van der Waals surface area contributed by atoms with Crippen LogP contribution in [-0.2, 0) is 17.6 Å². The van der Waals surface area contributed by atoms with E-state index in [0.717, 1.165) is 21.3 Å². The third-order valence-corrected chi connectivity index (χ3v) is 5.10. The van der Waals surface area contributed by atoms with Crippen LogP contribution in [0, 0.1) is 13.8 Å². The van der Waals surface area contributed by atoms with Gasteiger partial charge in [0, 0.05) is 24.0 Å². The lowest BCUT2D eigenvalue weighted by Gasteiger charge is -2.09. The van der Waals surface area contributed by atoms with Crippen molar-refractivity contribution in [3.63, 3.8) is 0 Å². The van der Waals surface area contributed by atoms with Crippen LogP contribution in [0.25, 0.3) is 11.1 Å². The number of benzene rings is 1. The summed E-state index contributed by atoms with van der Waals surface area (Å²) in [6, 6.07) is 7.93. The molecule has 0 aliphatic heterocycles. The number of hydrogen-bond donors (Lipinski definition) is 1. The molecule has 3 rings (SSSR count). The minimum absolute atomic E-state index is 0.100. The van der Waals surface area contributed by atoms with Gasteiger partial charge < -0.3 is 9.84 Å². The van der Waals surface area contributed by atoms with E-state index < -0.39 is 0 Å². The maximum absolute atomic E-state index is 12.4. The number of rotatable bonds is 6. The smallest absolute Gasteiger partial charge is 0.235 e. The molecule has 1 N–H and O–H groups in total. The first-order chi connectivity index (χ1) is 12.4. The van der Waals surface area contributed by atoms with Gasteiger partial charge in [-0.25, -0.2) is 0 Å². The second kappa shape index (κ2) is 8.05. The van der Waals surface area contributed by atoms with Gasteiger partial charge in [0.1, 0.15) is 5.82 Å². The summed E-state index contributed by atoms with van der Waals surface area (Å²) in [6.45, 7) is 3.67. The monoisotopic (exact) mass is 435 g/mol. The Labute approximate surface area is 163 Å². The van der Waals surface area contributed by atoms with Gasteiger partial charge in [0.25, 0.3) is 0 Å². The summed E-state index contributed by atoms with van der Waals surface area (Å²) >= 11 is 4.87. The molecule has 0 saturated carbocycles. The molecule has 136 valence electrons. The van der Waals surface area contributed by atoms with E-state index in [1.807, 2.05) is 38.2 Å². The SMILES string of the molecule is Cc1nc(CSCC(=O)Nc2c(-c3ccc(Br)cc3)c(C)nn2C)no1. The molecule has 9 heteroatoms. The van der Waals surface area contributed by atoms with E-state index in [9.17, 15) is 4.79 Å². The number of nitrogens with one attached hydrogen (secondary N) is 1. The number of carbonyl (C=O) groups excluding carboxylic acids is 1. The predicted octanol–water partition coefficient (Wildman–Crippen LogP) is 3.72. The van der Waals surface area contributed by atoms with Gasteiger partial charge in [-0.2, -0.15) is 10.1 Å². The van der Waals surface area contributed by atoms with Gasteiger partial charge in [-0.15, -0.1) is 11.8 Å². The van der Waals surface area contributed by atoms with E-state index in [-0.39, 0.29) is 11.7 Å². The lowest BCUT2D eigenvalue weighted by molar-refractivity contribution is -0.113. The third kappa shape index (κ3) is 4.34. The lowest BCUT2D eigenvalue weighted by atomic mass is 10.1. The molecule has 0 spiro atoms. The summed E-state index contributed by atoms with van der Waals surface area (Å²) in [7, 11) is 1.82. The van der Waals surface area contributed by atoms with Crippen LogP contribution in [0.1, 0.15) is 17.4 Å². The molecule has 0 fully saturated rings. The molecule has 0 saturated heterocycles. The summed E-state index contributed by atoms with van der Waals surface area (Å²) in [4.78, 5) is 16.5. The topological polar surface area (TPSA) is 85.8 Å². The molecular formula is C17H18BrN5O2S. The molecule has 2 aromatic heterocycles. The number of hydrogen-bond acceptors (Lipinski definition) is 6. The molecule has 0 aliphatic carbocycles. The molecule has 0 aliphatic rings. The Balaban J connectivity index is 1.69. The van der Waals surface area contributed by atoms with Crippen molar-refractivity contribution in [1.29, 1.82) is 0 Å². The number of anilines is 1. The first-order valence-corrected chi connectivity index (χ1v) is 9.85. The van der Waals surface area contributed by atoms with Crippen molar-refractivity contribution in [2.75, 3.05) is 11.1 Å². The maximum Gasteiger partial charge on any atom is 0.235 e. The van der Waals surface area contributed by atoms with E-state index in [4.69, 9.17) is 4.52 Å². The molecule has 7 nitrogen and oxygen atoms in total. The van der Waals surface area contributed by atoms with Gasteiger partial charge in [0.15, 0.2) is 5.82 Å². The zero-order valence-electron chi connectivity index (χ0n) is 14.6. The molecule has 0 unspecified atom stereocenters. The van der Waals surface area contributed by atoms with Crippen LogP contribution in [0.4, 0.5) is 5.82 Å². The number of aromatic nitrogens is 4. The van der Waals surface area contributed by atoms with Gasteiger partial charge in [-0.05, 0) is 24.6 Å². The molecule has 26 heavy (non-hydrogen) atoms. The Morgan fingerprint density at radius 3 is 2.69 bits per heavy atom. The molecule has 1 aromatic carbocycles. The van der Waals surface area contributed by atoms with E-state index in [2.05, 4.69) is 36.5 Å². The highest BCUT2D eigenvalue weighted by Crippen LogP contribution is 2.32. The highest BCUT2D eigenvalue weighted by molar-refractivity contribution is 9.10. The molecule has 0 atom stereocenters. The third-order valence-electron chi connectivity index (χ3n) is 3.65. The highest BCUT2D eigenvalue weighted by atomic mass is 79.9. The second-order valence-corrected chi connectivity index (χ2v) is 7.61. The van der Waals surface area contributed by atoms with Crippen molar-refractivity contribution in [2.24, 2.45) is 7.05 Å². The van der Waals surface area contributed by atoms with Gasteiger partial charge in [-0.1, -0.05) is 33.2 Å². The van der Waals surface area contributed by atoms with Crippen LogP contribution >= 0.6 is 27.7 Å². The zero-order chi connectivity index (χ0) is 18.7. The van der Waals surface area contributed by atoms with Gasteiger partial charge in [-0.3, -0.25) is 9.48 Å². The summed E-state index contributed by atoms with van der Waals surface area (Å²) in [5.41, 5.74) is 2.79. The first kappa shape index (κ1) is 18.7. The largest absolute Gasteiger partial charge is 0.340 e. The Morgan fingerprint density at radius 1 is 1.31 bits per heavy atom. The van der Waals surface area contributed by atoms with Crippen molar-refractivity contribution in [1.82, 2.24) is 19.9 Å². The fourth-order valence-electron chi connectivity index (χ4n) is 2.57. The average Bonchev–Trinajstić information content (AvgIpc) is 3.12. The average molecular weight is 436 g/mol. The van der Waals surface area contributed by atoms with Crippen LogP contribution in [0.3, 0.4) is 0 Å². The van der Waals surface area contributed by atoms with Crippen molar-refractivity contribution >= 4 is 39.4 Å². The quantitative estimate of drug-likeness (QED) is 0.634. The standard InChI is InChI=1S/C17H18BrN5O2S/c1-10-16(12-4-6-13(18)7-5-12)17(23(3)21-10)20-15(24)9-26-8-14-19-11(2)25-22-14/h4-7H,8-9H2,1-3H3,(H,20,24). The second-order valence-electron chi connectivity index (χ2n) is 5.71. The van der Waals surface area contributed by atoms with Crippen LogP contribution < -0.4 is 5.32 Å². The van der Waals surface area contributed by atoms with E-state index in [1.165, 1.54) is 11.8 Å². The van der Waals surface area contributed by atoms with Crippen molar-refractivity contribution in [3.05, 3.63) is 46.1 Å². The number of carbonyl (C=O) groups is 1. The number of amides is 1. The van der Waals surface area contributed by atoms with Crippen LogP contribution in [-0.4, -0.2) is 31.6 Å². The normalized spacial score (nSPS) is 10.9. The molecule has 2 heterocycles. The van der Waals surface area contributed by atoms with Crippen molar-refractivity contribution < 1.29 is 9.32 Å². The van der Waals surface area contributed by atoms with Gasteiger partial charge in [0.2, 0.25) is 11.8 Å².